The van der Waals surface area contributed by atoms with E-state index in [1.165, 1.54) is 27.0 Å². The molecule has 14 heteroatoms. The van der Waals surface area contributed by atoms with Crippen LogP contribution in [-0.4, -0.2) is 63.4 Å². The van der Waals surface area contributed by atoms with Crippen molar-refractivity contribution in [3.8, 4) is 17.2 Å². The summed E-state index contributed by atoms with van der Waals surface area (Å²) < 4.78 is 33.1. The summed E-state index contributed by atoms with van der Waals surface area (Å²) in [5.74, 6) is -1.52. The number of carbonyl (C=O) groups is 3. The third-order valence-electron chi connectivity index (χ3n) is 5.60. The molecule has 1 fully saturated rings. The zero-order valence-electron chi connectivity index (χ0n) is 23.7. The predicted molar refractivity (Wildman–Crippen MR) is 135 cm³/mol. The maximum absolute atomic E-state index is 12.7. The molecule has 1 aliphatic carbocycles. The van der Waals surface area contributed by atoms with Gasteiger partial charge in [0.2, 0.25) is 11.8 Å². The molecule has 1 saturated carbocycles. The number of carbonyl (C=O) groups excluding carboxylic acids is 3. The summed E-state index contributed by atoms with van der Waals surface area (Å²) in [6, 6.07) is 5.26. The minimum atomic E-state index is -2.79. The highest BCUT2D eigenvalue weighted by molar-refractivity contribution is 6.00. The number of para-hydroxylation sites is 1. The average molecular weight is 528 g/mol. The van der Waals surface area contributed by atoms with Gasteiger partial charge in [-0.25, -0.2) is 0 Å². The van der Waals surface area contributed by atoms with Crippen LogP contribution in [0.5, 0.6) is 5.75 Å². The van der Waals surface area contributed by atoms with Crippen molar-refractivity contribution in [3.63, 3.8) is 0 Å². The number of hydrogen-bond acceptors (Lipinski definition) is 11. The lowest BCUT2D eigenvalue weighted by Gasteiger charge is -2.16. The largest absolute Gasteiger partial charge is 0.494 e. The summed E-state index contributed by atoms with van der Waals surface area (Å²) >= 11 is 0. The first kappa shape index (κ1) is 22.6. The lowest BCUT2D eigenvalue weighted by atomic mass is 10.1. The number of hydrogen-bond donors (Lipinski definition) is 5. The topological polar surface area (TPSA) is 193 Å². The SMILES string of the molecule is [2H]C([2H])([2H])NC(=O)c1nnc(NC(=O)C2CC2)cc1Nc1cccc(-c2nc([C@@H](NC(C)=O)[C@@H](C)O)no2)c1OC. The molecule has 0 saturated heterocycles. The molecule has 38 heavy (non-hydrogen) atoms. The molecule has 3 amide bonds. The number of nitrogens with zero attached hydrogens (tertiary/aromatic N) is 4. The Labute approximate surface area is 221 Å². The first-order valence-corrected chi connectivity index (χ1v) is 11.6. The van der Waals surface area contributed by atoms with Gasteiger partial charge in [0.25, 0.3) is 11.8 Å². The van der Waals surface area contributed by atoms with Crippen LogP contribution in [0, 0.1) is 5.92 Å². The van der Waals surface area contributed by atoms with Crippen LogP contribution in [0.4, 0.5) is 17.2 Å². The fourth-order valence-electron chi connectivity index (χ4n) is 3.61. The number of aromatic nitrogens is 4. The smallest absolute Gasteiger partial charge is 0.273 e. The number of rotatable bonds is 10. The monoisotopic (exact) mass is 527 g/mol. The van der Waals surface area contributed by atoms with Gasteiger partial charge in [0.15, 0.2) is 23.1 Å². The van der Waals surface area contributed by atoms with E-state index in [0.717, 1.165) is 12.8 Å². The Morgan fingerprint density at radius 2 is 2.03 bits per heavy atom. The summed E-state index contributed by atoms with van der Waals surface area (Å²) in [6.45, 7) is -0.0347. The Hall–Kier alpha value is -4.59. The first-order chi connectivity index (χ1) is 19.4. The molecule has 0 aliphatic heterocycles. The Balaban J connectivity index is 1.70. The minimum absolute atomic E-state index is 0.00195. The van der Waals surface area contributed by atoms with Crippen LogP contribution in [0.15, 0.2) is 28.8 Å². The lowest BCUT2D eigenvalue weighted by molar-refractivity contribution is -0.120. The highest BCUT2D eigenvalue weighted by Crippen LogP contribution is 2.38. The second-order valence-electron chi connectivity index (χ2n) is 8.60. The second-order valence-corrected chi connectivity index (χ2v) is 8.60. The maximum atomic E-state index is 12.7. The number of ether oxygens (including phenoxy) is 1. The van der Waals surface area contributed by atoms with E-state index < -0.39 is 30.9 Å². The molecule has 0 radical (unpaired) electrons. The van der Waals surface area contributed by atoms with Crippen LogP contribution < -0.4 is 26.0 Å². The van der Waals surface area contributed by atoms with Gasteiger partial charge in [-0.15, -0.1) is 10.2 Å². The summed E-state index contributed by atoms with van der Waals surface area (Å²) in [6.07, 6.45) is 0.494. The lowest BCUT2D eigenvalue weighted by Crippen LogP contribution is -2.34. The van der Waals surface area contributed by atoms with Crippen LogP contribution >= 0.6 is 0 Å². The second kappa shape index (κ2) is 11.2. The zero-order chi connectivity index (χ0) is 29.9. The highest BCUT2D eigenvalue weighted by atomic mass is 16.5. The quantitative estimate of drug-likeness (QED) is 0.257. The van der Waals surface area contributed by atoms with E-state index in [1.54, 1.807) is 18.2 Å². The van der Waals surface area contributed by atoms with Gasteiger partial charge >= 0.3 is 0 Å². The Morgan fingerprint density at radius 1 is 1.24 bits per heavy atom. The van der Waals surface area contributed by atoms with Crippen LogP contribution in [0.25, 0.3) is 11.5 Å². The number of amides is 3. The first-order valence-electron chi connectivity index (χ1n) is 13.1. The molecule has 2 aromatic heterocycles. The number of aliphatic hydroxyl groups excluding tert-OH is 1. The van der Waals surface area contributed by atoms with Crippen molar-refractivity contribution in [2.75, 3.05) is 24.7 Å². The van der Waals surface area contributed by atoms with E-state index in [1.807, 2.05) is 5.32 Å². The van der Waals surface area contributed by atoms with Crippen LogP contribution in [-0.2, 0) is 9.59 Å². The van der Waals surface area contributed by atoms with Gasteiger partial charge in [-0.05, 0) is 31.9 Å². The van der Waals surface area contributed by atoms with E-state index in [9.17, 15) is 19.5 Å². The van der Waals surface area contributed by atoms with Gasteiger partial charge in [0.05, 0.1) is 30.2 Å². The molecule has 1 aromatic carbocycles. The number of nitrogens with one attached hydrogen (secondary N) is 4. The van der Waals surface area contributed by atoms with E-state index >= 15 is 0 Å². The molecule has 0 bridgehead atoms. The molecule has 4 rings (SSSR count). The zero-order valence-corrected chi connectivity index (χ0v) is 20.7. The van der Waals surface area contributed by atoms with Crippen molar-refractivity contribution in [1.29, 1.82) is 0 Å². The van der Waals surface area contributed by atoms with Crippen LogP contribution in [0.2, 0.25) is 0 Å². The normalized spacial score (nSPS) is 15.7. The Bertz CT molecular complexity index is 1460. The van der Waals surface area contributed by atoms with Crippen molar-refractivity contribution < 1.29 is 32.9 Å². The molecular weight excluding hydrogens is 496 g/mol. The van der Waals surface area contributed by atoms with Crippen molar-refractivity contribution in [3.05, 3.63) is 35.8 Å². The Kier molecular flexibility index (Phi) is 6.67. The van der Waals surface area contributed by atoms with E-state index in [4.69, 9.17) is 13.4 Å². The van der Waals surface area contributed by atoms with Crippen molar-refractivity contribution >= 4 is 34.9 Å². The third-order valence-corrected chi connectivity index (χ3v) is 5.60. The van der Waals surface area contributed by atoms with Crippen molar-refractivity contribution in [1.82, 2.24) is 31.0 Å². The molecule has 0 spiro atoms. The standard InChI is InChI=1S/C24H28N8O6/c1-11(33)18(26-12(2)34)21-29-24(38-32-21)14-6-5-7-15(20(14)37-4)27-16-10-17(28-22(35)13-8-9-13)30-31-19(16)23(36)25-3/h5-7,10-11,13,18,33H,8-9H2,1-4H3,(H,25,36)(H,26,34)(H2,27,28,30,35)/t11-,18+/m1/s1/i3D3. The number of anilines is 3. The third kappa shape index (κ3) is 5.86. The van der Waals surface area contributed by atoms with Gasteiger partial charge < -0.3 is 35.6 Å². The van der Waals surface area contributed by atoms with Gasteiger partial charge in [0, 0.05) is 30.0 Å². The molecule has 2 atom stereocenters. The minimum Gasteiger partial charge on any atom is -0.494 e. The van der Waals surface area contributed by atoms with Gasteiger partial charge in [0.1, 0.15) is 6.04 Å². The maximum Gasteiger partial charge on any atom is 0.273 e. The number of aliphatic hydroxyl groups is 1. The van der Waals surface area contributed by atoms with Crippen LogP contribution in [0.1, 0.15) is 53.2 Å². The number of benzene rings is 1. The number of methoxy groups -OCH3 is 1. The summed E-state index contributed by atoms with van der Waals surface area (Å²) in [5, 5.41) is 31.7. The van der Waals surface area contributed by atoms with Crippen molar-refractivity contribution in [2.24, 2.45) is 5.92 Å². The van der Waals surface area contributed by atoms with Crippen molar-refractivity contribution in [2.45, 2.75) is 38.8 Å². The molecular formula is C24H28N8O6. The highest BCUT2D eigenvalue weighted by Gasteiger charge is 2.30. The van der Waals surface area contributed by atoms with E-state index in [-0.39, 0.29) is 52.2 Å². The molecule has 3 aromatic rings. The molecule has 200 valence electrons. The summed E-state index contributed by atoms with van der Waals surface area (Å²) in [7, 11) is 1.38. The van der Waals surface area contributed by atoms with E-state index in [2.05, 4.69) is 36.3 Å². The van der Waals surface area contributed by atoms with Gasteiger partial charge in [-0.1, -0.05) is 11.2 Å². The molecule has 0 unspecified atom stereocenters. The summed E-state index contributed by atoms with van der Waals surface area (Å²) in [4.78, 5) is 40.9. The van der Waals surface area contributed by atoms with Gasteiger partial charge in [-0.2, -0.15) is 4.98 Å². The fraction of sp³-hybridized carbons (Fsp3) is 0.375. The summed E-state index contributed by atoms with van der Waals surface area (Å²) in [5.41, 5.74) is 0.276. The Morgan fingerprint density at radius 3 is 2.68 bits per heavy atom. The molecule has 5 N–H and O–H groups in total. The fourth-order valence-corrected chi connectivity index (χ4v) is 3.61. The molecule has 2 heterocycles. The van der Waals surface area contributed by atoms with Crippen LogP contribution in [0.3, 0.4) is 0 Å². The predicted octanol–water partition coefficient (Wildman–Crippen LogP) is 1.54. The van der Waals surface area contributed by atoms with E-state index in [0.29, 0.717) is 5.56 Å². The van der Waals surface area contributed by atoms with Gasteiger partial charge in [-0.3, -0.25) is 14.4 Å². The molecule has 14 nitrogen and oxygen atoms in total. The average Bonchev–Trinajstić information content (AvgIpc) is 3.63. The molecule has 1 aliphatic rings.